The molecule has 1 atom stereocenters. The lowest BCUT2D eigenvalue weighted by Crippen LogP contribution is -2.48. The summed E-state index contributed by atoms with van der Waals surface area (Å²) in [5.74, 6) is -0.957. The first-order chi connectivity index (χ1) is 5.90. The van der Waals surface area contributed by atoms with E-state index in [0.717, 1.165) is 12.8 Å². The van der Waals surface area contributed by atoms with Gasteiger partial charge in [0.1, 0.15) is 0 Å². The fourth-order valence-corrected chi connectivity index (χ4v) is 1.56. The second-order valence-corrected chi connectivity index (χ2v) is 4.15. The summed E-state index contributed by atoms with van der Waals surface area (Å²) in [6.07, 6.45) is 5.79. The van der Waals surface area contributed by atoms with Crippen LogP contribution in [-0.2, 0) is 4.79 Å². The van der Waals surface area contributed by atoms with Gasteiger partial charge in [-0.25, -0.2) is 0 Å². The second-order valence-electron chi connectivity index (χ2n) is 4.15. The molecule has 74 valence electrons. The molecule has 13 heavy (non-hydrogen) atoms. The fourth-order valence-electron chi connectivity index (χ4n) is 1.56. The van der Waals surface area contributed by atoms with Gasteiger partial charge in [-0.05, 0) is 33.1 Å². The first kappa shape index (κ1) is 10.3. The zero-order chi connectivity index (χ0) is 10.1. The Morgan fingerprint density at radius 1 is 1.54 bits per heavy atom. The van der Waals surface area contributed by atoms with Crippen molar-refractivity contribution in [2.24, 2.45) is 5.41 Å². The van der Waals surface area contributed by atoms with Crippen LogP contribution in [0.5, 0.6) is 0 Å². The number of allylic oxidation sites excluding steroid dienone is 1. The van der Waals surface area contributed by atoms with E-state index in [1.807, 2.05) is 6.08 Å². The van der Waals surface area contributed by atoms with Crippen molar-refractivity contribution in [3.05, 3.63) is 12.2 Å². The van der Waals surface area contributed by atoms with Gasteiger partial charge in [0, 0.05) is 0 Å². The Kier molecular flexibility index (Phi) is 2.48. The molecule has 0 saturated carbocycles. The molecule has 2 N–H and O–H groups in total. The van der Waals surface area contributed by atoms with E-state index in [4.69, 9.17) is 5.11 Å². The lowest BCUT2D eigenvalue weighted by atomic mass is 9.70. The minimum Gasteiger partial charge on any atom is -0.481 e. The van der Waals surface area contributed by atoms with Crippen molar-refractivity contribution >= 4 is 5.97 Å². The Balaban J connectivity index is 2.96. The molecule has 3 nitrogen and oxygen atoms in total. The summed E-state index contributed by atoms with van der Waals surface area (Å²) in [6.45, 7) is 3.12. The fraction of sp³-hybridized carbons (Fsp3) is 0.700. The highest BCUT2D eigenvalue weighted by Gasteiger charge is 2.47. The first-order valence-corrected chi connectivity index (χ1v) is 4.54. The van der Waals surface area contributed by atoms with Crippen molar-refractivity contribution in [3.8, 4) is 0 Å². The molecule has 0 bridgehead atoms. The van der Waals surface area contributed by atoms with Gasteiger partial charge in [-0.2, -0.15) is 0 Å². The van der Waals surface area contributed by atoms with Crippen LogP contribution in [0.4, 0.5) is 0 Å². The van der Waals surface area contributed by atoms with Crippen LogP contribution in [0.15, 0.2) is 12.2 Å². The molecule has 0 fully saturated rings. The molecule has 1 unspecified atom stereocenters. The smallest absolute Gasteiger partial charge is 0.312 e. The van der Waals surface area contributed by atoms with Gasteiger partial charge in [0.25, 0.3) is 0 Å². The Morgan fingerprint density at radius 2 is 2.15 bits per heavy atom. The standard InChI is InChI=1S/C10H16O3/c1-9(2,8(11)12)10(13)6-4-3-5-7-10/h4,6,13H,3,5,7H2,1-2H3,(H,11,12). The monoisotopic (exact) mass is 184 g/mol. The molecule has 0 radical (unpaired) electrons. The third-order valence-corrected chi connectivity index (χ3v) is 2.94. The van der Waals surface area contributed by atoms with E-state index in [2.05, 4.69) is 0 Å². The maximum Gasteiger partial charge on any atom is 0.312 e. The van der Waals surface area contributed by atoms with Gasteiger partial charge < -0.3 is 10.2 Å². The summed E-state index contributed by atoms with van der Waals surface area (Å²) in [5, 5.41) is 19.1. The minimum atomic E-state index is -1.18. The van der Waals surface area contributed by atoms with E-state index in [0.29, 0.717) is 6.42 Å². The van der Waals surface area contributed by atoms with Crippen LogP contribution in [0.25, 0.3) is 0 Å². The van der Waals surface area contributed by atoms with Crippen LogP contribution in [0, 0.1) is 5.41 Å². The van der Waals surface area contributed by atoms with Gasteiger partial charge in [-0.1, -0.05) is 12.2 Å². The van der Waals surface area contributed by atoms with Gasteiger partial charge in [0.15, 0.2) is 0 Å². The average Bonchev–Trinajstić information content (AvgIpc) is 2.05. The zero-order valence-corrected chi connectivity index (χ0v) is 8.08. The summed E-state index contributed by atoms with van der Waals surface area (Å²) in [7, 11) is 0. The topological polar surface area (TPSA) is 57.5 Å². The number of rotatable bonds is 2. The van der Waals surface area contributed by atoms with Crippen molar-refractivity contribution in [3.63, 3.8) is 0 Å². The second kappa shape index (κ2) is 3.14. The van der Waals surface area contributed by atoms with Gasteiger partial charge in [0.05, 0.1) is 11.0 Å². The molecule has 0 saturated heterocycles. The molecule has 1 rings (SSSR count). The number of carboxylic acids is 1. The van der Waals surface area contributed by atoms with Gasteiger partial charge >= 0.3 is 5.97 Å². The lowest BCUT2D eigenvalue weighted by Gasteiger charge is -2.39. The van der Waals surface area contributed by atoms with Crippen LogP contribution in [0.2, 0.25) is 0 Å². The number of carbonyl (C=O) groups is 1. The predicted molar refractivity (Wildman–Crippen MR) is 49.4 cm³/mol. The molecule has 0 aliphatic heterocycles. The van der Waals surface area contributed by atoms with E-state index in [1.54, 1.807) is 19.9 Å². The highest BCUT2D eigenvalue weighted by molar-refractivity contribution is 5.76. The molecule has 0 aromatic heterocycles. The van der Waals surface area contributed by atoms with Gasteiger partial charge in [-0.15, -0.1) is 0 Å². The summed E-state index contributed by atoms with van der Waals surface area (Å²) in [6, 6.07) is 0. The molecule has 1 aliphatic carbocycles. The molecule has 0 heterocycles. The summed E-state index contributed by atoms with van der Waals surface area (Å²) in [5.41, 5.74) is -2.29. The summed E-state index contributed by atoms with van der Waals surface area (Å²) >= 11 is 0. The molecule has 1 aliphatic rings. The van der Waals surface area contributed by atoms with E-state index >= 15 is 0 Å². The van der Waals surface area contributed by atoms with Crippen LogP contribution < -0.4 is 0 Å². The summed E-state index contributed by atoms with van der Waals surface area (Å²) < 4.78 is 0. The van der Waals surface area contributed by atoms with Crippen LogP contribution >= 0.6 is 0 Å². The molecular weight excluding hydrogens is 168 g/mol. The minimum absolute atomic E-state index is 0.531. The number of hydrogen-bond acceptors (Lipinski definition) is 2. The Labute approximate surface area is 78.1 Å². The van der Waals surface area contributed by atoms with E-state index in [9.17, 15) is 9.90 Å². The van der Waals surface area contributed by atoms with Crippen molar-refractivity contribution in [2.75, 3.05) is 0 Å². The first-order valence-electron chi connectivity index (χ1n) is 4.54. The Hall–Kier alpha value is -0.830. The number of carboxylic acid groups (broad SMARTS) is 1. The van der Waals surface area contributed by atoms with Crippen LogP contribution in [-0.4, -0.2) is 21.8 Å². The highest BCUT2D eigenvalue weighted by Crippen LogP contribution is 2.38. The molecule has 0 aromatic rings. The molecule has 0 spiro atoms. The number of hydrogen-bond donors (Lipinski definition) is 2. The molecule has 0 amide bonds. The zero-order valence-electron chi connectivity index (χ0n) is 8.08. The maximum absolute atomic E-state index is 10.9. The number of aliphatic hydroxyl groups is 1. The predicted octanol–water partition coefficient (Wildman–Crippen LogP) is 1.57. The highest BCUT2D eigenvalue weighted by atomic mass is 16.4. The molecule has 0 aromatic carbocycles. The lowest BCUT2D eigenvalue weighted by molar-refractivity contribution is -0.160. The normalized spacial score (nSPS) is 28.8. The van der Waals surface area contributed by atoms with Gasteiger partial charge in [-0.3, -0.25) is 4.79 Å². The SMILES string of the molecule is CC(C)(C(=O)O)C1(O)C=CCCC1. The molecule has 3 heteroatoms. The van der Waals surface area contributed by atoms with E-state index in [-0.39, 0.29) is 0 Å². The van der Waals surface area contributed by atoms with E-state index < -0.39 is 17.0 Å². The van der Waals surface area contributed by atoms with Crippen molar-refractivity contribution in [1.29, 1.82) is 0 Å². The number of aliphatic carboxylic acids is 1. The van der Waals surface area contributed by atoms with Crippen LogP contribution in [0.1, 0.15) is 33.1 Å². The average molecular weight is 184 g/mol. The Bertz CT molecular complexity index is 243. The van der Waals surface area contributed by atoms with Crippen molar-refractivity contribution in [2.45, 2.75) is 38.7 Å². The summed E-state index contributed by atoms with van der Waals surface area (Å²) in [4.78, 5) is 10.9. The Morgan fingerprint density at radius 3 is 2.54 bits per heavy atom. The third-order valence-electron chi connectivity index (χ3n) is 2.94. The van der Waals surface area contributed by atoms with Crippen LogP contribution in [0.3, 0.4) is 0 Å². The largest absolute Gasteiger partial charge is 0.481 e. The van der Waals surface area contributed by atoms with E-state index in [1.165, 1.54) is 0 Å². The maximum atomic E-state index is 10.9. The van der Waals surface area contributed by atoms with Gasteiger partial charge in [0.2, 0.25) is 0 Å². The molecular formula is C10H16O3. The van der Waals surface area contributed by atoms with Crippen molar-refractivity contribution < 1.29 is 15.0 Å². The quantitative estimate of drug-likeness (QED) is 0.640. The third kappa shape index (κ3) is 1.61. The van der Waals surface area contributed by atoms with Crippen molar-refractivity contribution in [1.82, 2.24) is 0 Å².